The number of benzene rings is 1. The second-order valence-electron chi connectivity index (χ2n) is 9.27. The van der Waals surface area contributed by atoms with Crippen LogP contribution in [0.4, 0.5) is 29.3 Å². The third kappa shape index (κ3) is 5.63. The number of carboxylic acid groups (broad SMARTS) is 1. The van der Waals surface area contributed by atoms with Crippen molar-refractivity contribution in [1.82, 2.24) is 14.8 Å². The molecular weight excluding hydrogens is 491 g/mol. The lowest BCUT2D eigenvalue weighted by molar-refractivity contribution is 0.101. The van der Waals surface area contributed by atoms with Crippen molar-refractivity contribution in [1.29, 1.82) is 0 Å². The van der Waals surface area contributed by atoms with E-state index in [1.54, 1.807) is 6.08 Å². The number of pyridine rings is 1. The van der Waals surface area contributed by atoms with E-state index in [0.29, 0.717) is 43.4 Å². The Balaban J connectivity index is 1.76. The zero-order chi connectivity index (χ0) is 26.9. The smallest absolute Gasteiger partial charge is 0.407 e. The number of hydrogen-bond donors (Lipinski definition) is 3. The summed E-state index contributed by atoms with van der Waals surface area (Å²) in [7, 11) is 1.97. The zero-order valence-electron chi connectivity index (χ0n) is 20.4. The molecule has 9 nitrogen and oxygen atoms in total. The number of nitrogens with one attached hydrogen (secondary N) is 2. The molecule has 1 atom stereocenters. The van der Waals surface area contributed by atoms with Crippen molar-refractivity contribution in [3.63, 3.8) is 0 Å². The first-order valence-corrected chi connectivity index (χ1v) is 11.8. The molecule has 3 N–H and O–H groups in total. The van der Waals surface area contributed by atoms with Crippen LogP contribution in [0.25, 0.3) is 5.57 Å². The number of H-pyrrole nitrogens is 1. The minimum atomic E-state index is -3.06. The van der Waals surface area contributed by atoms with Crippen molar-refractivity contribution in [3.8, 4) is 0 Å². The predicted molar refractivity (Wildman–Crippen MR) is 133 cm³/mol. The molecule has 1 fully saturated rings. The Morgan fingerprint density at radius 1 is 1.19 bits per heavy atom. The maximum absolute atomic E-state index is 15.5. The van der Waals surface area contributed by atoms with Crippen molar-refractivity contribution < 1.29 is 27.9 Å². The lowest BCUT2D eigenvalue weighted by Crippen LogP contribution is -2.50. The van der Waals surface area contributed by atoms with Gasteiger partial charge in [-0.25, -0.2) is 18.0 Å². The topological polar surface area (TPSA) is 109 Å². The van der Waals surface area contributed by atoms with Crippen molar-refractivity contribution >= 4 is 28.9 Å². The van der Waals surface area contributed by atoms with Gasteiger partial charge in [-0.15, -0.1) is 0 Å². The third-order valence-electron chi connectivity index (χ3n) is 6.84. The standard InChI is InChI=1S/C25H28F3N5O4/c1-14-12-32(7-6-31(14)2)21-10-19(26)16(15-4-3-5-33(13-15)25(36)37)8-20(21)30-24(35)18-11-29-22(34)9-17(18)23(27)28/h4,8-11,14,23H,3,5-7,12-13H2,1-2H3,(H,29,34)(H,30,35)(H,36,37)/t14-/m1/s1. The average Bonchev–Trinajstić information content (AvgIpc) is 2.86. The van der Waals surface area contributed by atoms with Gasteiger partial charge in [0.1, 0.15) is 5.82 Å². The summed E-state index contributed by atoms with van der Waals surface area (Å²) in [6.07, 6.45) is -1.11. The van der Waals surface area contributed by atoms with Crippen LogP contribution in [0.2, 0.25) is 0 Å². The van der Waals surface area contributed by atoms with E-state index < -0.39 is 40.9 Å². The van der Waals surface area contributed by atoms with E-state index >= 15 is 4.39 Å². The molecule has 0 bridgehead atoms. The summed E-state index contributed by atoms with van der Waals surface area (Å²) < 4.78 is 42.6. The molecule has 37 heavy (non-hydrogen) atoms. The van der Waals surface area contributed by atoms with Crippen molar-refractivity contribution in [3.05, 3.63) is 63.3 Å². The minimum Gasteiger partial charge on any atom is -0.465 e. The predicted octanol–water partition coefficient (Wildman–Crippen LogP) is 3.61. The Morgan fingerprint density at radius 3 is 2.62 bits per heavy atom. The van der Waals surface area contributed by atoms with Gasteiger partial charge in [0.15, 0.2) is 0 Å². The van der Waals surface area contributed by atoms with Crippen LogP contribution >= 0.6 is 0 Å². The summed E-state index contributed by atoms with van der Waals surface area (Å²) in [6, 6.07) is 3.50. The van der Waals surface area contributed by atoms with E-state index in [2.05, 4.69) is 15.2 Å². The fourth-order valence-electron chi connectivity index (χ4n) is 4.59. The zero-order valence-corrected chi connectivity index (χ0v) is 20.4. The second-order valence-corrected chi connectivity index (χ2v) is 9.27. The number of carbonyl (C=O) groups is 2. The molecule has 4 rings (SSSR count). The molecule has 0 spiro atoms. The number of carbonyl (C=O) groups excluding carboxylic acids is 1. The van der Waals surface area contributed by atoms with Gasteiger partial charge in [0.05, 0.1) is 16.9 Å². The molecule has 198 valence electrons. The lowest BCUT2D eigenvalue weighted by Gasteiger charge is -2.40. The van der Waals surface area contributed by atoms with Gasteiger partial charge < -0.3 is 30.1 Å². The summed E-state index contributed by atoms with van der Waals surface area (Å²) >= 11 is 0. The SMILES string of the molecule is C[C@@H]1CN(c2cc(F)c(C3=CCCN(C(=O)O)C3)cc2NC(=O)c2c[nH]c(=O)cc2C(F)F)CCN1C. The number of halogens is 3. The molecule has 1 aromatic heterocycles. The molecule has 0 radical (unpaired) electrons. The number of likely N-dealkylation sites (N-methyl/N-ethyl adjacent to an activating group) is 1. The first-order valence-electron chi connectivity index (χ1n) is 11.8. The van der Waals surface area contributed by atoms with E-state index in [1.165, 1.54) is 12.1 Å². The average molecular weight is 520 g/mol. The van der Waals surface area contributed by atoms with Gasteiger partial charge in [-0.1, -0.05) is 6.08 Å². The van der Waals surface area contributed by atoms with E-state index in [1.807, 2.05) is 18.9 Å². The molecule has 2 aromatic rings. The monoisotopic (exact) mass is 519 g/mol. The highest BCUT2D eigenvalue weighted by Gasteiger charge is 2.27. The van der Waals surface area contributed by atoms with Gasteiger partial charge in [0.25, 0.3) is 12.3 Å². The van der Waals surface area contributed by atoms with Crippen molar-refractivity contribution in [2.75, 3.05) is 50.0 Å². The second kappa shape index (κ2) is 10.7. The number of anilines is 2. The maximum atomic E-state index is 15.5. The third-order valence-corrected chi connectivity index (χ3v) is 6.84. The minimum absolute atomic E-state index is 0.0278. The number of alkyl halides is 2. The van der Waals surface area contributed by atoms with Gasteiger partial charge in [0.2, 0.25) is 5.56 Å². The quantitative estimate of drug-likeness (QED) is 0.557. The number of amides is 2. The van der Waals surface area contributed by atoms with Crippen LogP contribution < -0.4 is 15.8 Å². The molecule has 3 heterocycles. The molecular formula is C25H28F3N5O4. The molecule has 2 amide bonds. The molecule has 2 aliphatic rings. The highest BCUT2D eigenvalue weighted by molar-refractivity contribution is 6.07. The van der Waals surface area contributed by atoms with Crippen LogP contribution in [-0.2, 0) is 0 Å². The number of piperazine rings is 1. The van der Waals surface area contributed by atoms with Crippen molar-refractivity contribution in [2.45, 2.75) is 25.8 Å². The Labute approximate surface area is 211 Å². The van der Waals surface area contributed by atoms with E-state index in [9.17, 15) is 28.3 Å². The number of aromatic nitrogens is 1. The Kier molecular flexibility index (Phi) is 7.58. The van der Waals surface area contributed by atoms with E-state index in [0.717, 1.165) is 11.1 Å². The largest absolute Gasteiger partial charge is 0.465 e. The fraction of sp³-hybridized carbons (Fsp3) is 0.400. The van der Waals surface area contributed by atoms with Crippen LogP contribution in [0.15, 0.2) is 35.3 Å². The Hall–Kier alpha value is -3.80. The van der Waals surface area contributed by atoms with E-state index in [-0.39, 0.29) is 30.4 Å². The van der Waals surface area contributed by atoms with Gasteiger partial charge in [0, 0.05) is 62.2 Å². The van der Waals surface area contributed by atoms with Gasteiger partial charge in [-0.3, -0.25) is 9.59 Å². The van der Waals surface area contributed by atoms with Gasteiger partial charge >= 0.3 is 6.09 Å². The van der Waals surface area contributed by atoms with Crippen LogP contribution in [0, 0.1) is 5.82 Å². The summed E-state index contributed by atoms with van der Waals surface area (Å²) in [5, 5.41) is 12.0. The molecule has 1 aromatic carbocycles. The maximum Gasteiger partial charge on any atom is 0.407 e. The molecule has 1 saturated heterocycles. The molecule has 0 unspecified atom stereocenters. The number of hydrogen-bond acceptors (Lipinski definition) is 5. The first-order chi connectivity index (χ1) is 17.5. The number of aromatic amines is 1. The fourth-order valence-corrected chi connectivity index (χ4v) is 4.59. The van der Waals surface area contributed by atoms with Crippen LogP contribution in [0.1, 0.15) is 41.3 Å². The first kappa shape index (κ1) is 26.3. The molecule has 2 aliphatic heterocycles. The number of rotatable bonds is 5. The lowest BCUT2D eigenvalue weighted by atomic mass is 9.98. The van der Waals surface area contributed by atoms with Crippen LogP contribution in [0.3, 0.4) is 0 Å². The summed E-state index contributed by atoms with van der Waals surface area (Å²) in [6.45, 7) is 4.03. The van der Waals surface area contributed by atoms with Gasteiger partial charge in [-0.05, 0) is 38.1 Å². The summed E-state index contributed by atoms with van der Waals surface area (Å²) in [5.74, 6) is -1.48. The number of nitrogens with zero attached hydrogens (tertiary/aromatic N) is 3. The summed E-state index contributed by atoms with van der Waals surface area (Å²) in [5.41, 5.74) is -0.769. The normalized spacial score (nSPS) is 18.6. The summed E-state index contributed by atoms with van der Waals surface area (Å²) in [4.78, 5) is 43.6. The molecule has 0 saturated carbocycles. The molecule has 12 heteroatoms. The molecule has 0 aliphatic carbocycles. The van der Waals surface area contributed by atoms with Crippen LogP contribution in [-0.4, -0.2) is 77.7 Å². The van der Waals surface area contributed by atoms with Crippen LogP contribution in [0.5, 0.6) is 0 Å². The highest BCUT2D eigenvalue weighted by Crippen LogP contribution is 2.35. The van der Waals surface area contributed by atoms with Crippen molar-refractivity contribution in [2.24, 2.45) is 0 Å². The van der Waals surface area contributed by atoms with E-state index in [4.69, 9.17) is 0 Å². The van der Waals surface area contributed by atoms with Gasteiger partial charge in [-0.2, -0.15) is 0 Å². The Bertz CT molecular complexity index is 1300. The Morgan fingerprint density at radius 2 is 1.95 bits per heavy atom. The highest BCUT2D eigenvalue weighted by atomic mass is 19.3.